The molecule has 1 amide bonds. The summed E-state index contributed by atoms with van der Waals surface area (Å²) in [7, 11) is -3.82. The van der Waals surface area contributed by atoms with Gasteiger partial charge in [0.25, 0.3) is 10.0 Å². The maximum absolute atomic E-state index is 12.4. The van der Waals surface area contributed by atoms with Gasteiger partial charge in [-0.1, -0.05) is 0 Å². The Morgan fingerprint density at radius 1 is 1.04 bits per heavy atom. The van der Waals surface area contributed by atoms with E-state index in [-0.39, 0.29) is 29.4 Å². The molecule has 9 heteroatoms. The van der Waals surface area contributed by atoms with Gasteiger partial charge < -0.3 is 15.2 Å². The van der Waals surface area contributed by atoms with Gasteiger partial charge in [0.05, 0.1) is 11.5 Å². The summed E-state index contributed by atoms with van der Waals surface area (Å²) in [6.07, 6.45) is 0. The van der Waals surface area contributed by atoms with Crippen LogP contribution in [0.5, 0.6) is 5.75 Å². The van der Waals surface area contributed by atoms with Crippen LogP contribution in [0.2, 0.25) is 0 Å². The Labute approximate surface area is 151 Å². The first-order valence-electron chi connectivity index (χ1n) is 7.63. The lowest BCUT2D eigenvalue weighted by Gasteiger charge is -2.10. The van der Waals surface area contributed by atoms with Gasteiger partial charge in [-0.25, -0.2) is 13.2 Å². The Bertz CT molecular complexity index is 876. The van der Waals surface area contributed by atoms with Crippen molar-refractivity contribution in [2.24, 2.45) is 5.73 Å². The van der Waals surface area contributed by atoms with Crippen LogP contribution in [0.1, 0.15) is 17.3 Å². The molecule has 8 nitrogen and oxygen atoms in total. The molecule has 2 aromatic carbocycles. The van der Waals surface area contributed by atoms with E-state index in [0.29, 0.717) is 5.75 Å². The smallest absolute Gasteiger partial charge is 0.344 e. The van der Waals surface area contributed by atoms with E-state index >= 15 is 0 Å². The lowest BCUT2D eigenvalue weighted by Crippen LogP contribution is -2.15. The van der Waals surface area contributed by atoms with E-state index in [1.165, 1.54) is 48.5 Å². The van der Waals surface area contributed by atoms with Crippen molar-refractivity contribution in [3.63, 3.8) is 0 Å². The third-order valence-electron chi connectivity index (χ3n) is 3.22. The molecule has 0 aliphatic heterocycles. The highest BCUT2D eigenvalue weighted by Crippen LogP contribution is 2.19. The molecule has 0 aliphatic carbocycles. The third kappa shape index (κ3) is 5.21. The summed E-state index contributed by atoms with van der Waals surface area (Å²) < 4.78 is 37.1. The van der Waals surface area contributed by atoms with E-state index in [9.17, 15) is 18.0 Å². The zero-order valence-corrected chi connectivity index (χ0v) is 14.8. The van der Waals surface area contributed by atoms with Crippen molar-refractivity contribution in [2.45, 2.75) is 11.8 Å². The second-order valence-electron chi connectivity index (χ2n) is 5.11. The zero-order chi connectivity index (χ0) is 19.2. The molecule has 0 aromatic heterocycles. The van der Waals surface area contributed by atoms with Crippen LogP contribution >= 0.6 is 0 Å². The molecule has 0 saturated heterocycles. The Hall–Kier alpha value is -3.07. The van der Waals surface area contributed by atoms with Crippen LogP contribution < -0.4 is 15.2 Å². The molecule has 0 aliphatic rings. The van der Waals surface area contributed by atoms with Crippen molar-refractivity contribution in [3.8, 4) is 5.75 Å². The summed E-state index contributed by atoms with van der Waals surface area (Å²) in [6.45, 7) is 1.68. The fourth-order valence-corrected chi connectivity index (χ4v) is 3.04. The molecule has 0 atom stereocenters. The van der Waals surface area contributed by atoms with E-state index < -0.39 is 21.9 Å². The van der Waals surface area contributed by atoms with Crippen molar-refractivity contribution in [2.75, 3.05) is 17.9 Å². The average Bonchev–Trinajstić information content (AvgIpc) is 2.61. The number of sulfonamides is 1. The molecule has 138 valence electrons. The molecule has 0 bridgehead atoms. The van der Waals surface area contributed by atoms with Crippen molar-refractivity contribution in [1.82, 2.24) is 0 Å². The fourth-order valence-electron chi connectivity index (χ4n) is 1.98. The normalized spacial score (nSPS) is 10.8. The monoisotopic (exact) mass is 378 g/mol. The summed E-state index contributed by atoms with van der Waals surface area (Å²) in [6, 6.07) is 11.3. The number of hydrogen-bond donors (Lipinski definition) is 2. The summed E-state index contributed by atoms with van der Waals surface area (Å²) in [5, 5.41) is 0. The predicted molar refractivity (Wildman–Crippen MR) is 94.3 cm³/mol. The topological polar surface area (TPSA) is 125 Å². The number of nitrogens with one attached hydrogen (secondary N) is 1. The molecule has 0 saturated carbocycles. The predicted octanol–water partition coefficient (Wildman–Crippen LogP) is 1.53. The van der Waals surface area contributed by atoms with Crippen molar-refractivity contribution < 1.29 is 27.5 Å². The molecule has 0 unspecified atom stereocenters. The molecule has 2 aromatic rings. The standard InChI is InChI=1S/C17H18N2O6S/c1-2-24-16(20)11-25-14-7-9-15(10-8-14)26(22,23)19-13-5-3-12(4-6-13)17(18)21/h3-10,19H,2,11H2,1H3,(H2,18,21). The first-order chi connectivity index (χ1) is 12.3. The van der Waals surface area contributed by atoms with E-state index in [1.807, 2.05) is 0 Å². The SMILES string of the molecule is CCOC(=O)COc1ccc(S(=O)(=O)Nc2ccc(C(N)=O)cc2)cc1. The summed E-state index contributed by atoms with van der Waals surface area (Å²) in [5.41, 5.74) is 5.70. The Kier molecular flexibility index (Phi) is 6.18. The van der Waals surface area contributed by atoms with Gasteiger partial charge in [-0.2, -0.15) is 0 Å². The van der Waals surface area contributed by atoms with Gasteiger partial charge in [0.1, 0.15) is 5.75 Å². The minimum absolute atomic E-state index is 0.0139. The Morgan fingerprint density at radius 2 is 1.65 bits per heavy atom. The van der Waals surface area contributed by atoms with Crippen LogP contribution in [0.4, 0.5) is 5.69 Å². The lowest BCUT2D eigenvalue weighted by molar-refractivity contribution is -0.145. The Balaban J connectivity index is 2.04. The number of carbonyl (C=O) groups is 2. The van der Waals surface area contributed by atoms with Crippen LogP contribution in [-0.4, -0.2) is 33.5 Å². The highest BCUT2D eigenvalue weighted by molar-refractivity contribution is 7.92. The van der Waals surface area contributed by atoms with Crippen LogP contribution in [0.15, 0.2) is 53.4 Å². The Morgan fingerprint density at radius 3 is 2.19 bits per heavy atom. The van der Waals surface area contributed by atoms with Crippen LogP contribution in [0.3, 0.4) is 0 Å². The van der Waals surface area contributed by atoms with Crippen molar-refractivity contribution >= 4 is 27.6 Å². The quantitative estimate of drug-likeness (QED) is 0.671. The second-order valence-corrected chi connectivity index (χ2v) is 6.79. The van der Waals surface area contributed by atoms with Crippen LogP contribution in [0.25, 0.3) is 0 Å². The number of rotatable bonds is 8. The number of esters is 1. The average molecular weight is 378 g/mol. The largest absolute Gasteiger partial charge is 0.482 e. The van der Waals surface area contributed by atoms with E-state index in [2.05, 4.69) is 4.72 Å². The first kappa shape index (κ1) is 19.3. The van der Waals surface area contributed by atoms with E-state index in [1.54, 1.807) is 6.92 Å². The number of amides is 1. The molecule has 0 fully saturated rings. The molecule has 0 spiro atoms. The highest BCUT2D eigenvalue weighted by Gasteiger charge is 2.15. The number of hydrogen-bond acceptors (Lipinski definition) is 6. The van der Waals surface area contributed by atoms with Gasteiger partial charge in [-0.05, 0) is 55.5 Å². The van der Waals surface area contributed by atoms with Gasteiger partial charge in [0, 0.05) is 11.3 Å². The summed E-state index contributed by atoms with van der Waals surface area (Å²) >= 11 is 0. The van der Waals surface area contributed by atoms with Crippen LogP contribution in [0, 0.1) is 0 Å². The van der Waals surface area contributed by atoms with Crippen molar-refractivity contribution in [3.05, 3.63) is 54.1 Å². The fraction of sp³-hybridized carbons (Fsp3) is 0.176. The first-order valence-corrected chi connectivity index (χ1v) is 9.11. The number of ether oxygens (including phenoxy) is 2. The lowest BCUT2D eigenvalue weighted by atomic mass is 10.2. The van der Waals surface area contributed by atoms with E-state index in [4.69, 9.17) is 15.2 Å². The van der Waals surface area contributed by atoms with Crippen molar-refractivity contribution in [1.29, 1.82) is 0 Å². The van der Waals surface area contributed by atoms with Crippen LogP contribution in [-0.2, 0) is 19.6 Å². The van der Waals surface area contributed by atoms with Gasteiger partial charge >= 0.3 is 5.97 Å². The van der Waals surface area contributed by atoms with Gasteiger partial charge in [-0.15, -0.1) is 0 Å². The van der Waals surface area contributed by atoms with Gasteiger partial charge in [-0.3, -0.25) is 9.52 Å². The highest BCUT2D eigenvalue weighted by atomic mass is 32.2. The maximum Gasteiger partial charge on any atom is 0.344 e. The van der Waals surface area contributed by atoms with Gasteiger partial charge in [0.15, 0.2) is 6.61 Å². The van der Waals surface area contributed by atoms with Gasteiger partial charge in [0.2, 0.25) is 5.91 Å². The molecular formula is C17H18N2O6S. The zero-order valence-electron chi connectivity index (χ0n) is 14.0. The molecule has 26 heavy (non-hydrogen) atoms. The number of anilines is 1. The molecule has 2 rings (SSSR count). The number of nitrogens with two attached hydrogens (primary N) is 1. The number of primary amides is 1. The third-order valence-corrected chi connectivity index (χ3v) is 4.61. The summed E-state index contributed by atoms with van der Waals surface area (Å²) in [4.78, 5) is 22.3. The minimum atomic E-state index is -3.82. The molecular weight excluding hydrogens is 360 g/mol. The molecule has 3 N–H and O–H groups in total. The van der Waals surface area contributed by atoms with E-state index in [0.717, 1.165) is 0 Å². The molecule has 0 radical (unpaired) electrons. The minimum Gasteiger partial charge on any atom is -0.482 e. The maximum atomic E-state index is 12.4. The number of benzene rings is 2. The summed E-state index contributed by atoms with van der Waals surface area (Å²) in [5.74, 6) is -0.772. The number of carbonyl (C=O) groups excluding carboxylic acids is 2. The molecule has 0 heterocycles. The second kappa shape index (κ2) is 8.34.